The van der Waals surface area contributed by atoms with Crippen molar-refractivity contribution in [2.45, 2.75) is 44.4 Å². The lowest BCUT2D eigenvalue weighted by molar-refractivity contribution is 0.00192. The van der Waals surface area contributed by atoms with Gasteiger partial charge in [0.1, 0.15) is 6.61 Å². The number of hydrogen-bond donors (Lipinski definition) is 1. The van der Waals surface area contributed by atoms with Crippen LogP contribution in [0.25, 0.3) is 16.9 Å². The van der Waals surface area contributed by atoms with Gasteiger partial charge >= 0.3 is 0 Å². The van der Waals surface area contributed by atoms with E-state index in [9.17, 15) is 0 Å². The summed E-state index contributed by atoms with van der Waals surface area (Å²) in [5.41, 5.74) is 7.79. The highest BCUT2D eigenvalue weighted by molar-refractivity contribution is 5.62. The minimum atomic E-state index is 0.244. The predicted molar refractivity (Wildman–Crippen MR) is 83.5 cm³/mol. The molecule has 3 aromatic heterocycles. The quantitative estimate of drug-likeness (QED) is 0.793. The Hall–Kier alpha value is -2.25. The Balaban J connectivity index is 1.42. The molecule has 0 spiro atoms. The molecule has 1 aliphatic rings. The van der Waals surface area contributed by atoms with E-state index >= 15 is 0 Å². The van der Waals surface area contributed by atoms with Crippen molar-refractivity contribution in [3.05, 3.63) is 36.7 Å². The summed E-state index contributed by atoms with van der Waals surface area (Å²) >= 11 is 0. The molecule has 4 rings (SSSR count). The molecule has 0 aromatic carbocycles. The molecule has 1 fully saturated rings. The lowest BCUT2D eigenvalue weighted by Gasteiger charge is -2.25. The van der Waals surface area contributed by atoms with Gasteiger partial charge in [0.25, 0.3) is 5.89 Å². The van der Waals surface area contributed by atoms with E-state index in [0.717, 1.165) is 36.8 Å². The minimum absolute atomic E-state index is 0.244. The Morgan fingerprint density at radius 2 is 2.17 bits per heavy atom. The summed E-state index contributed by atoms with van der Waals surface area (Å²) in [6.07, 6.45) is 9.76. The second-order valence-corrected chi connectivity index (χ2v) is 6.00. The molecule has 0 bridgehead atoms. The molecule has 120 valence electrons. The summed E-state index contributed by atoms with van der Waals surface area (Å²) in [5.74, 6) is 1.07. The Bertz CT molecular complexity index is 788. The van der Waals surface area contributed by atoms with E-state index in [0.29, 0.717) is 24.4 Å². The lowest BCUT2D eigenvalue weighted by atomic mass is 9.94. The van der Waals surface area contributed by atoms with E-state index in [1.807, 2.05) is 22.7 Å². The maximum absolute atomic E-state index is 5.90. The van der Waals surface area contributed by atoms with Crippen LogP contribution in [0.1, 0.15) is 31.6 Å². The highest BCUT2D eigenvalue weighted by Gasteiger charge is 2.20. The van der Waals surface area contributed by atoms with Crippen LogP contribution in [-0.2, 0) is 11.3 Å². The summed E-state index contributed by atoms with van der Waals surface area (Å²) in [4.78, 5) is 8.51. The summed E-state index contributed by atoms with van der Waals surface area (Å²) in [5, 5.41) is 4.04. The Kier molecular flexibility index (Phi) is 3.80. The van der Waals surface area contributed by atoms with Gasteiger partial charge in [-0.2, -0.15) is 4.98 Å². The fourth-order valence-electron chi connectivity index (χ4n) is 2.93. The molecule has 1 saturated carbocycles. The van der Waals surface area contributed by atoms with Crippen molar-refractivity contribution in [3.8, 4) is 11.4 Å². The normalized spacial score (nSPS) is 21.8. The molecule has 0 radical (unpaired) electrons. The van der Waals surface area contributed by atoms with E-state index in [4.69, 9.17) is 15.0 Å². The average Bonchev–Trinajstić information content (AvgIpc) is 3.22. The second-order valence-electron chi connectivity index (χ2n) is 6.00. The van der Waals surface area contributed by atoms with Gasteiger partial charge in [-0.05, 0) is 37.8 Å². The van der Waals surface area contributed by atoms with Gasteiger partial charge in [0.15, 0.2) is 0 Å². The smallest absolute Gasteiger partial charge is 0.252 e. The van der Waals surface area contributed by atoms with Crippen LogP contribution in [0.15, 0.2) is 35.4 Å². The zero-order valence-corrected chi connectivity index (χ0v) is 12.8. The van der Waals surface area contributed by atoms with E-state index in [1.165, 1.54) is 0 Å². The molecule has 3 heterocycles. The Morgan fingerprint density at radius 3 is 3.04 bits per heavy atom. The van der Waals surface area contributed by atoms with Gasteiger partial charge in [-0.1, -0.05) is 5.16 Å². The summed E-state index contributed by atoms with van der Waals surface area (Å²) in [6.45, 7) is 0.349. The lowest BCUT2D eigenvalue weighted by Crippen LogP contribution is -2.30. The molecular weight excluding hydrogens is 294 g/mol. The Morgan fingerprint density at radius 1 is 1.30 bits per heavy atom. The first-order chi connectivity index (χ1) is 11.3. The van der Waals surface area contributed by atoms with Crippen LogP contribution in [0, 0.1) is 0 Å². The average molecular weight is 313 g/mol. The highest BCUT2D eigenvalue weighted by Crippen LogP contribution is 2.22. The molecule has 7 heteroatoms. The molecule has 23 heavy (non-hydrogen) atoms. The van der Waals surface area contributed by atoms with Crippen LogP contribution in [-0.4, -0.2) is 31.7 Å². The van der Waals surface area contributed by atoms with Gasteiger partial charge in [0, 0.05) is 17.8 Å². The zero-order chi connectivity index (χ0) is 15.6. The maximum atomic E-state index is 5.90. The fourth-order valence-corrected chi connectivity index (χ4v) is 2.93. The van der Waals surface area contributed by atoms with Crippen LogP contribution >= 0.6 is 0 Å². The molecule has 0 saturated heterocycles. The fraction of sp³-hybridized carbons (Fsp3) is 0.438. The third kappa shape index (κ3) is 3.11. The van der Waals surface area contributed by atoms with Gasteiger partial charge < -0.3 is 19.4 Å². The SMILES string of the molecule is NC1CCC(OCc2nc(-c3ccn4cncc4c3)no2)CC1. The zero-order valence-electron chi connectivity index (χ0n) is 12.8. The first-order valence-electron chi connectivity index (χ1n) is 7.90. The highest BCUT2D eigenvalue weighted by atomic mass is 16.5. The molecule has 0 atom stereocenters. The van der Waals surface area contributed by atoms with Crippen molar-refractivity contribution in [1.82, 2.24) is 19.5 Å². The molecule has 0 aliphatic heterocycles. The van der Waals surface area contributed by atoms with E-state index < -0.39 is 0 Å². The monoisotopic (exact) mass is 313 g/mol. The predicted octanol–water partition coefficient (Wildman–Crippen LogP) is 2.17. The maximum Gasteiger partial charge on any atom is 0.252 e. The van der Waals surface area contributed by atoms with Crippen molar-refractivity contribution < 1.29 is 9.26 Å². The van der Waals surface area contributed by atoms with Crippen molar-refractivity contribution in [2.75, 3.05) is 0 Å². The topological polar surface area (TPSA) is 91.5 Å². The summed E-state index contributed by atoms with van der Waals surface area (Å²) in [6, 6.07) is 4.24. The number of hydrogen-bond acceptors (Lipinski definition) is 6. The van der Waals surface area contributed by atoms with Crippen LogP contribution in [0.4, 0.5) is 0 Å². The molecule has 1 aliphatic carbocycles. The molecule has 2 N–H and O–H groups in total. The summed E-state index contributed by atoms with van der Waals surface area (Å²) in [7, 11) is 0. The molecule has 3 aromatic rings. The first-order valence-corrected chi connectivity index (χ1v) is 7.90. The third-order valence-corrected chi connectivity index (χ3v) is 4.30. The van der Waals surface area contributed by atoms with Crippen molar-refractivity contribution in [1.29, 1.82) is 0 Å². The van der Waals surface area contributed by atoms with Crippen LogP contribution < -0.4 is 5.73 Å². The molecule has 0 unspecified atom stereocenters. The molecule has 0 amide bonds. The number of imidazole rings is 1. The third-order valence-electron chi connectivity index (χ3n) is 4.30. The van der Waals surface area contributed by atoms with Crippen molar-refractivity contribution >= 4 is 5.52 Å². The number of ether oxygens (including phenoxy) is 1. The largest absolute Gasteiger partial charge is 0.368 e. The number of pyridine rings is 1. The van der Waals surface area contributed by atoms with E-state index in [2.05, 4.69) is 15.1 Å². The van der Waals surface area contributed by atoms with Crippen LogP contribution in [0.5, 0.6) is 0 Å². The van der Waals surface area contributed by atoms with Gasteiger partial charge in [0.05, 0.1) is 24.1 Å². The van der Waals surface area contributed by atoms with Crippen molar-refractivity contribution in [2.24, 2.45) is 5.73 Å². The first kappa shape index (κ1) is 14.3. The molecular formula is C16H19N5O2. The minimum Gasteiger partial charge on any atom is -0.368 e. The molecule has 7 nitrogen and oxygen atoms in total. The summed E-state index contributed by atoms with van der Waals surface area (Å²) < 4.78 is 13.1. The van der Waals surface area contributed by atoms with Crippen LogP contribution in [0.2, 0.25) is 0 Å². The van der Waals surface area contributed by atoms with E-state index in [1.54, 1.807) is 12.5 Å². The van der Waals surface area contributed by atoms with Crippen molar-refractivity contribution in [3.63, 3.8) is 0 Å². The van der Waals surface area contributed by atoms with Gasteiger partial charge in [-0.15, -0.1) is 0 Å². The number of rotatable bonds is 4. The van der Waals surface area contributed by atoms with Crippen LogP contribution in [0.3, 0.4) is 0 Å². The number of nitrogens with two attached hydrogens (primary N) is 1. The van der Waals surface area contributed by atoms with Gasteiger partial charge in [-0.3, -0.25) is 0 Å². The second kappa shape index (κ2) is 6.10. The number of fused-ring (bicyclic) bond motifs is 1. The number of aromatic nitrogens is 4. The van der Waals surface area contributed by atoms with E-state index in [-0.39, 0.29) is 6.10 Å². The standard InChI is InChI=1S/C16H19N5O2/c17-12-1-3-14(4-2-12)22-9-15-19-16(20-23-15)11-5-6-21-10-18-8-13(21)7-11/h5-8,10,12,14H,1-4,9,17H2. The van der Waals surface area contributed by atoms with Gasteiger partial charge in [0.2, 0.25) is 5.82 Å². The Labute approximate surface area is 133 Å². The number of nitrogens with zero attached hydrogens (tertiary/aromatic N) is 4. The van der Waals surface area contributed by atoms with Gasteiger partial charge in [-0.25, -0.2) is 4.98 Å².